The lowest BCUT2D eigenvalue weighted by Gasteiger charge is -2.06. The highest BCUT2D eigenvalue weighted by Gasteiger charge is 2.17. The van der Waals surface area contributed by atoms with E-state index in [-0.39, 0.29) is 11.7 Å². The van der Waals surface area contributed by atoms with Crippen molar-refractivity contribution >= 4 is 55.6 Å². The third kappa shape index (κ3) is 3.35. The molecule has 132 valence electrons. The number of nitrogens with zero attached hydrogens (tertiary/aromatic N) is 5. The molecule has 0 radical (unpaired) electrons. The first-order valence-corrected chi connectivity index (χ1v) is 10.6. The van der Waals surface area contributed by atoms with Gasteiger partial charge in [-0.05, 0) is 13.0 Å². The minimum atomic E-state index is -0.139. The molecule has 0 unspecified atom stereocenters. The Hall–Kier alpha value is -2.30. The summed E-state index contributed by atoms with van der Waals surface area (Å²) in [5.74, 6) is 0.930. The minimum absolute atomic E-state index is 0.139. The Morgan fingerprint density at radius 2 is 2.12 bits per heavy atom. The Kier molecular flexibility index (Phi) is 4.96. The van der Waals surface area contributed by atoms with Gasteiger partial charge in [0.2, 0.25) is 11.0 Å². The predicted octanol–water partition coefficient (Wildman–Crippen LogP) is 3.76. The number of rotatable bonds is 6. The van der Waals surface area contributed by atoms with Gasteiger partial charge >= 0.3 is 0 Å². The fraction of sp³-hybridized carbons (Fsp3) is 0.188. The summed E-state index contributed by atoms with van der Waals surface area (Å²) in [5, 5.41) is 23.4. The average Bonchev–Trinajstić information content (AvgIpc) is 3.38. The maximum Gasteiger partial charge on any atom is 0.236 e. The van der Waals surface area contributed by atoms with Crippen LogP contribution in [0.5, 0.6) is 0 Å². The summed E-state index contributed by atoms with van der Waals surface area (Å²) >= 11 is 4.34. The van der Waals surface area contributed by atoms with Crippen LogP contribution in [0.1, 0.15) is 6.92 Å². The van der Waals surface area contributed by atoms with Gasteiger partial charge in [-0.3, -0.25) is 10.1 Å². The number of hydrogen-bond donors (Lipinski definition) is 1. The first kappa shape index (κ1) is 17.1. The van der Waals surface area contributed by atoms with Crippen molar-refractivity contribution < 1.29 is 4.79 Å². The lowest BCUT2D eigenvalue weighted by molar-refractivity contribution is -0.113. The molecule has 4 rings (SSSR count). The van der Waals surface area contributed by atoms with Crippen molar-refractivity contribution in [3.8, 4) is 11.4 Å². The molecule has 1 aromatic carbocycles. The molecule has 0 atom stereocenters. The van der Waals surface area contributed by atoms with E-state index < -0.39 is 0 Å². The highest BCUT2D eigenvalue weighted by atomic mass is 32.2. The van der Waals surface area contributed by atoms with Crippen LogP contribution in [0, 0.1) is 0 Å². The topological polar surface area (TPSA) is 85.6 Å². The SMILES string of the molecule is CCn1c(SCC(=O)Nc2nncs2)nnc1-c1csc2ccccc12. The van der Waals surface area contributed by atoms with Crippen molar-refractivity contribution in [1.82, 2.24) is 25.0 Å². The molecule has 0 aliphatic carbocycles. The summed E-state index contributed by atoms with van der Waals surface area (Å²) in [5.41, 5.74) is 2.65. The summed E-state index contributed by atoms with van der Waals surface area (Å²) in [6.07, 6.45) is 0. The smallest absolute Gasteiger partial charge is 0.236 e. The van der Waals surface area contributed by atoms with Crippen molar-refractivity contribution in [3.63, 3.8) is 0 Å². The molecule has 1 amide bonds. The van der Waals surface area contributed by atoms with Gasteiger partial charge in [-0.2, -0.15) is 0 Å². The molecule has 0 saturated heterocycles. The molecule has 4 aromatic rings. The molecule has 3 heterocycles. The Bertz CT molecular complexity index is 1040. The van der Waals surface area contributed by atoms with E-state index in [0.29, 0.717) is 5.13 Å². The fourth-order valence-electron chi connectivity index (χ4n) is 2.54. The van der Waals surface area contributed by atoms with Gasteiger partial charge < -0.3 is 4.57 Å². The number of nitrogens with one attached hydrogen (secondary N) is 1. The van der Waals surface area contributed by atoms with Crippen LogP contribution < -0.4 is 5.32 Å². The third-order valence-corrected chi connectivity index (χ3v) is 6.23. The van der Waals surface area contributed by atoms with Crippen molar-refractivity contribution in [2.45, 2.75) is 18.6 Å². The van der Waals surface area contributed by atoms with Crippen LogP contribution in [0.3, 0.4) is 0 Å². The molecule has 7 nitrogen and oxygen atoms in total. The van der Waals surface area contributed by atoms with Gasteiger partial charge in [0.05, 0.1) is 5.75 Å². The van der Waals surface area contributed by atoms with E-state index in [1.54, 1.807) is 16.8 Å². The predicted molar refractivity (Wildman–Crippen MR) is 106 cm³/mol. The first-order valence-electron chi connectivity index (χ1n) is 7.85. The Labute approximate surface area is 161 Å². The zero-order valence-corrected chi connectivity index (χ0v) is 16.2. The molecule has 0 aliphatic rings. The Morgan fingerprint density at radius 3 is 2.92 bits per heavy atom. The molecule has 0 bridgehead atoms. The lowest BCUT2D eigenvalue weighted by atomic mass is 10.1. The number of anilines is 1. The molecule has 0 saturated carbocycles. The number of thiophene rings is 1. The Balaban J connectivity index is 1.54. The zero-order chi connectivity index (χ0) is 17.9. The van der Waals surface area contributed by atoms with Gasteiger partial charge in [-0.25, -0.2) is 0 Å². The van der Waals surface area contributed by atoms with Crippen LogP contribution in [0.4, 0.5) is 5.13 Å². The van der Waals surface area contributed by atoms with E-state index in [1.807, 2.05) is 23.6 Å². The molecule has 26 heavy (non-hydrogen) atoms. The second-order valence-electron chi connectivity index (χ2n) is 5.28. The van der Waals surface area contributed by atoms with Crippen molar-refractivity contribution in [2.24, 2.45) is 0 Å². The molecule has 3 aromatic heterocycles. The normalized spacial score (nSPS) is 11.1. The molecule has 0 aliphatic heterocycles. The van der Waals surface area contributed by atoms with Gasteiger partial charge in [-0.1, -0.05) is 41.3 Å². The highest BCUT2D eigenvalue weighted by molar-refractivity contribution is 7.99. The van der Waals surface area contributed by atoms with Crippen molar-refractivity contribution in [1.29, 1.82) is 0 Å². The average molecular weight is 403 g/mol. The monoisotopic (exact) mass is 402 g/mol. The van der Waals surface area contributed by atoms with Crippen LogP contribution >= 0.6 is 34.4 Å². The number of thioether (sulfide) groups is 1. The highest BCUT2D eigenvalue weighted by Crippen LogP contribution is 2.34. The van der Waals surface area contributed by atoms with Crippen LogP contribution in [-0.4, -0.2) is 36.6 Å². The maximum absolute atomic E-state index is 12.0. The molecule has 1 N–H and O–H groups in total. The first-order chi connectivity index (χ1) is 12.8. The summed E-state index contributed by atoms with van der Waals surface area (Å²) < 4.78 is 3.26. The van der Waals surface area contributed by atoms with Crippen molar-refractivity contribution in [2.75, 3.05) is 11.1 Å². The zero-order valence-electron chi connectivity index (χ0n) is 13.7. The van der Waals surface area contributed by atoms with Crippen LogP contribution in [-0.2, 0) is 11.3 Å². The van der Waals surface area contributed by atoms with Crippen molar-refractivity contribution in [3.05, 3.63) is 35.2 Å². The van der Waals surface area contributed by atoms with Gasteiger partial charge in [0.15, 0.2) is 11.0 Å². The number of carbonyl (C=O) groups excluding carboxylic acids is 1. The second kappa shape index (κ2) is 7.52. The summed E-state index contributed by atoms with van der Waals surface area (Å²) in [6.45, 7) is 2.78. The molecule has 10 heteroatoms. The quantitative estimate of drug-likeness (QED) is 0.494. The standard InChI is InChI=1S/C16H14N6OS3/c1-2-22-14(11-7-24-12-6-4-3-5-10(11)12)19-21-16(22)25-8-13(23)18-15-20-17-9-26-15/h3-7,9H,2,8H2,1H3,(H,18,20,23). The fourth-order valence-corrected chi connectivity index (χ4v) is 4.75. The van der Waals surface area contributed by atoms with E-state index in [0.717, 1.165) is 23.1 Å². The largest absolute Gasteiger partial charge is 0.302 e. The number of aromatic nitrogens is 5. The number of amides is 1. The number of hydrogen-bond acceptors (Lipinski definition) is 8. The third-order valence-electron chi connectivity index (χ3n) is 3.69. The maximum atomic E-state index is 12.0. The molecular weight excluding hydrogens is 388 g/mol. The second-order valence-corrected chi connectivity index (χ2v) is 7.96. The van der Waals surface area contributed by atoms with Crippen LogP contribution in [0.15, 0.2) is 40.3 Å². The lowest BCUT2D eigenvalue weighted by Crippen LogP contribution is -2.14. The van der Waals surface area contributed by atoms with Gasteiger partial charge in [0.1, 0.15) is 5.51 Å². The van der Waals surface area contributed by atoms with Gasteiger partial charge in [-0.15, -0.1) is 31.7 Å². The van der Waals surface area contributed by atoms with E-state index in [4.69, 9.17) is 0 Å². The summed E-state index contributed by atoms with van der Waals surface area (Å²) in [6, 6.07) is 8.26. The summed E-state index contributed by atoms with van der Waals surface area (Å²) in [4.78, 5) is 12.0. The number of carbonyl (C=O) groups is 1. The van der Waals surface area contributed by atoms with E-state index in [2.05, 4.69) is 43.2 Å². The number of benzene rings is 1. The minimum Gasteiger partial charge on any atom is -0.302 e. The van der Waals surface area contributed by atoms with E-state index >= 15 is 0 Å². The van der Waals surface area contributed by atoms with Crippen LogP contribution in [0.2, 0.25) is 0 Å². The molecule has 0 spiro atoms. The Morgan fingerprint density at radius 1 is 1.23 bits per heavy atom. The van der Waals surface area contributed by atoms with Gasteiger partial charge in [0, 0.05) is 27.6 Å². The van der Waals surface area contributed by atoms with E-state index in [1.165, 1.54) is 33.2 Å². The van der Waals surface area contributed by atoms with Gasteiger partial charge in [0.25, 0.3) is 0 Å². The number of fused-ring (bicyclic) bond motifs is 1. The van der Waals surface area contributed by atoms with E-state index in [9.17, 15) is 4.79 Å². The van der Waals surface area contributed by atoms with Crippen LogP contribution in [0.25, 0.3) is 21.5 Å². The molecular formula is C16H14N6OS3. The summed E-state index contributed by atoms with van der Waals surface area (Å²) in [7, 11) is 0. The molecule has 0 fully saturated rings.